The van der Waals surface area contributed by atoms with Crippen molar-refractivity contribution in [2.24, 2.45) is 0 Å². The van der Waals surface area contributed by atoms with Crippen molar-refractivity contribution in [2.45, 2.75) is 57.5 Å². The van der Waals surface area contributed by atoms with Gasteiger partial charge < -0.3 is 14.5 Å². The van der Waals surface area contributed by atoms with Gasteiger partial charge in [-0.3, -0.25) is 9.59 Å². The maximum atomic E-state index is 12.5. The number of unbranched alkanes of at least 4 members (excludes halogenated alkanes) is 2. The van der Waals surface area contributed by atoms with Gasteiger partial charge in [0, 0.05) is 26.8 Å². The van der Waals surface area contributed by atoms with Gasteiger partial charge in [-0.15, -0.1) is 0 Å². The van der Waals surface area contributed by atoms with Crippen LogP contribution >= 0.6 is 0 Å². The highest BCUT2D eigenvalue weighted by atomic mass is 16.5. The predicted octanol–water partition coefficient (Wildman–Crippen LogP) is 1.41. The molecule has 2 aliphatic heterocycles. The number of rotatable bonds is 6. The van der Waals surface area contributed by atoms with E-state index in [2.05, 4.69) is 0 Å². The smallest absolute Gasteiger partial charge is 0.246 e. The molecular weight excluding hydrogens is 256 g/mol. The van der Waals surface area contributed by atoms with E-state index < -0.39 is 0 Å². The van der Waals surface area contributed by atoms with E-state index in [0.29, 0.717) is 6.54 Å². The molecule has 2 atom stereocenters. The Morgan fingerprint density at radius 1 is 1.15 bits per heavy atom. The highest BCUT2D eigenvalue weighted by Gasteiger charge is 2.44. The zero-order valence-corrected chi connectivity index (χ0v) is 12.6. The molecule has 20 heavy (non-hydrogen) atoms. The van der Waals surface area contributed by atoms with E-state index in [1.54, 1.807) is 16.9 Å². The van der Waals surface area contributed by atoms with E-state index in [0.717, 1.165) is 51.7 Å². The minimum atomic E-state index is -0.292. The minimum absolute atomic E-state index is 0.131. The summed E-state index contributed by atoms with van der Waals surface area (Å²) in [6.45, 7) is 4.07. The summed E-state index contributed by atoms with van der Waals surface area (Å²) in [7, 11) is 1.70. The first-order chi connectivity index (χ1) is 9.66. The van der Waals surface area contributed by atoms with Crippen LogP contribution in [0.1, 0.15) is 45.4 Å². The quantitative estimate of drug-likeness (QED) is 0.692. The van der Waals surface area contributed by atoms with E-state index in [1.165, 1.54) is 0 Å². The Labute approximate surface area is 121 Å². The number of hydrogen-bond acceptors (Lipinski definition) is 3. The third-order valence-corrected chi connectivity index (χ3v) is 4.43. The summed E-state index contributed by atoms with van der Waals surface area (Å²) >= 11 is 0. The lowest BCUT2D eigenvalue weighted by atomic mass is 9.95. The number of piperidine rings is 1. The molecule has 114 valence electrons. The summed E-state index contributed by atoms with van der Waals surface area (Å²) in [6, 6.07) is -0.481. The molecule has 0 aromatic rings. The average Bonchev–Trinajstić information content (AvgIpc) is 2.48. The van der Waals surface area contributed by atoms with Crippen LogP contribution in [0.25, 0.3) is 0 Å². The van der Waals surface area contributed by atoms with Crippen molar-refractivity contribution in [3.05, 3.63) is 0 Å². The molecule has 0 aromatic carbocycles. The number of nitrogens with zero attached hydrogens (tertiary/aromatic N) is 2. The molecule has 0 aromatic heterocycles. The van der Waals surface area contributed by atoms with Gasteiger partial charge in [-0.1, -0.05) is 0 Å². The first-order valence-corrected chi connectivity index (χ1v) is 7.76. The Balaban J connectivity index is 1.91. The van der Waals surface area contributed by atoms with E-state index in [1.807, 2.05) is 6.92 Å². The van der Waals surface area contributed by atoms with Gasteiger partial charge in [0.05, 0.1) is 0 Å². The average molecular weight is 282 g/mol. The zero-order valence-electron chi connectivity index (χ0n) is 12.6. The van der Waals surface area contributed by atoms with Crippen molar-refractivity contribution in [2.75, 3.05) is 26.8 Å². The number of amides is 2. The molecule has 0 saturated carbocycles. The molecular formula is C15H26N2O3. The molecule has 0 N–H and O–H groups in total. The summed E-state index contributed by atoms with van der Waals surface area (Å²) in [6.07, 6.45) is 5.90. The molecule has 2 heterocycles. The topological polar surface area (TPSA) is 49.9 Å². The van der Waals surface area contributed by atoms with Gasteiger partial charge in [0.1, 0.15) is 12.1 Å². The van der Waals surface area contributed by atoms with Gasteiger partial charge in [0.15, 0.2) is 0 Å². The van der Waals surface area contributed by atoms with Crippen LogP contribution in [0.2, 0.25) is 0 Å². The molecule has 5 nitrogen and oxygen atoms in total. The van der Waals surface area contributed by atoms with Gasteiger partial charge >= 0.3 is 0 Å². The van der Waals surface area contributed by atoms with E-state index in [-0.39, 0.29) is 23.9 Å². The van der Waals surface area contributed by atoms with Crippen LogP contribution in [0.4, 0.5) is 0 Å². The highest BCUT2D eigenvalue weighted by Crippen LogP contribution is 2.26. The first-order valence-electron chi connectivity index (χ1n) is 7.76. The molecule has 0 spiro atoms. The largest absolute Gasteiger partial charge is 0.385 e. The van der Waals surface area contributed by atoms with E-state index in [4.69, 9.17) is 4.74 Å². The fraction of sp³-hybridized carbons (Fsp3) is 0.867. The van der Waals surface area contributed by atoms with Gasteiger partial charge in [0.25, 0.3) is 0 Å². The van der Waals surface area contributed by atoms with E-state index in [9.17, 15) is 9.59 Å². The van der Waals surface area contributed by atoms with Crippen molar-refractivity contribution >= 4 is 11.8 Å². The van der Waals surface area contributed by atoms with Crippen LogP contribution in [0, 0.1) is 0 Å². The third kappa shape index (κ3) is 3.14. The van der Waals surface area contributed by atoms with Gasteiger partial charge in [-0.2, -0.15) is 0 Å². The molecule has 0 aliphatic carbocycles. The second-order valence-electron chi connectivity index (χ2n) is 5.80. The maximum absolute atomic E-state index is 12.5. The second kappa shape index (κ2) is 7.07. The van der Waals surface area contributed by atoms with Crippen molar-refractivity contribution in [1.82, 2.24) is 9.80 Å². The Bertz CT molecular complexity index is 359. The van der Waals surface area contributed by atoms with Gasteiger partial charge in [-0.25, -0.2) is 0 Å². The van der Waals surface area contributed by atoms with E-state index >= 15 is 0 Å². The van der Waals surface area contributed by atoms with Crippen LogP contribution in [0.5, 0.6) is 0 Å². The fourth-order valence-electron chi connectivity index (χ4n) is 3.22. The summed E-state index contributed by atoms with van der Waals surface area (Å²) in [4.78, 5) is 28.5. The van der Waals surface area contributed by atoms with Crippen LogP contribution in [-0.2, 0) is 14.3 Å². The molecule has 2 unspecified atom stereocenters. The second-order valence-corrected chi connectivity index (χ2v) is 5.80. The zero-order chi connectivity index (χ0) is 14.5. The predicted molar refractivity (Wildman–Crippen MR) is 76.3 cm³/mol. The number of hydrogen-bond donors (Lipinski definition) is 0. The Kier molecular flexibility index (Phi) is 5.40. The minimum Gasteiger partial charge on any atom is -0.385 e. The molecule has 2 fully saturated rings. The first kappa shape index (κ1) is 15.3. The number of fused-ring (bicyclic) bond motifs is 1. The van der Waals surface area contributed by atoms with Crippen LogP contribution in [-0.4, -0.2) is 60.5 Å². The Morgan fingerprint density at radius 3 is 2.70 bits per heavy atom. The molecule has 5 heteroatoms. The third-order valence-electron chi connectivity index (χ3n) is 4.43. The number of carbonyl (C=O) groups excluding carboxylic acids is 2. The fourth-order valence-corrected chi connectivity index (χ4v) is 3.22. The van der Waals surface area contributed by atoms with Crippen molar-refractivity contribution in [3.8, 4) is 0 Å². The Hall–Kier alpha value is -1.10. The SMILES string of the molecule is COCCCCCN1C(=O)C2CCCCN2C(=O)C1C. The summed E-state index contributed by atoms with van der Waals surface area (Å²) in [5.74, 6) is 0.287. The lowest BCUT2D eigenvalue weighted by Crippen LogP contribution is -2.65. The molecule has 2 saturated heterocycles. The Morgan fingerprint density at radius 2 is 1.95 bits per heavy atom. The highest BCUT2D eigenvalue weighted by molar-refractivity contribution is 5.96. The lowest BCUT2D eigenvalue weighted by Gasteiger charge is -2.46. The molecule has 0 radical (unpaired) electrons. The van der Waals surface area contributed by atoms with Crippen LogP contribution in [0.15, 0.2) is 0 Å². The number of ether oxygens (including phenoxy) is 1. The van der Waals surface area contributed by atoms with Crippen molar-refractivity contribution < 1.29 is 14.3 Å². The molecule has 2 rings (SSSR count). The summed E-state index contributed by atoms with van der Waals surface area (Å²) < 4.78 is 5.02. The normalized spacial score (nSPS) is 26.9. The summed E-state index contributed by atoms with van der Waals surface area (Å²) in [5.41, 5.74) is 0. The van der Waals surface area contributed by atoms with Crippen LogP contribution < -0.4 is 0 Å². The standard InChI is InChI=1S/C15H26N2O3/c1-12-14(18)17-10-6-4-8-13(17)15(19)16(12)9-5-3-7-11-20-2/h12-13H,3-11H2,1-2H3. The molecule has 2 amide bonds. The summed E-state index contributed by atoms with van der Waals surface area (Å²) in [5, 5.41) is 0. The maximum Gasteiger partial charge on any atom is 0.246 e. The number of carbonyl (C=O) groups is 2. The van der Waals surface area contributed by atoms with Gasteiger partial charge in [0.2, 0.25) is 11.8 Å². The molecule has 2 aliphatic rings. The number of piperazine rings is 1. The monoisotopic (exact) mass is 282 g/mol. The molecule has 0 bridgehead atoms. The number of methoxy groups -OCH3 is 1. The van der Waals surface area contributed by atoms with Gasteiger partial charge in [-0.05, 0) is 45.4 Å². The van der Waals surface area contributed by atoms with Crippen molar-refractivity contribution in [1.29, 1.82) is 0 Å². The lowest BCUT2D eigenvalue weighted by molar-refractivity contribution is -0.162. The van der Waals surface area contributed by atoms with Crippen LogP contribution in [0.3, 0.4) is 0 Å². The van der Waals surface area contributed by atoms with Crippen molar-refractivity contribution in [3.63, 3.8) is 0 Å².